The Morgan fingerprint density at radius 2 is 1.95 bits per heavy atom. The summed E-state index contributed by atoms with van der Waals surface area (Å²) in [6.07, 6.45) is 4.49. The quantitative estimate of drug-likeness (QED) is 0.813. The molecular formula is C16H19BrClNO2. The van der Waals surface area contributed by atoms with Crippen molar-refractivity contribution in [2.75, 3.05) is 0 Å². The molecule has 0 aliphatic heterocycles. The van der Waals surface area contributed by atoms with Crippen molar-refractivity contribution in [2.24, 2.45) is 11.8 Å². The van der Waals surface area contributed by atoms with Crippen molar-refractivity contribution in [3.8, 4) is 5.75 Å². The summed E-state index contributed by atoms with van der Waals surface area (Å²) in [5.41, 5.74) is 0. The zero-order valence-corrected chi connectivity index (χ0v) is 14.3. The maximum absolute atomic E-state index is 12.3. The fourth-order valence-electron chi connectivity index (χ4n) is 2.63. The van der Waals surface area contributed by atoms with Crippen LogP contribution < -0.4 is 10.1 Å². The molecule has 2 aliphatic rings. The highest BCUT2D eigenvalue weighted by molar-refractivity contribution is 9.10. The zero-order chi connectivity index (χ0) is 15.0. The van der Waals surface area contributed by atoms with Crippen molar-refractivity contribution in [2.45, 2.75) is 44.8 Å². The van der Waals surface area contributed by atoms with Crippen molar-refractivity contribution in [1.29, 1.82) is 0 Å². The molecule has 0 aromatic heterocycles. The molecule has 5 heteroatoms. The summed E-state index contributed by atoms with van der Waals surface area (Å²) in [4.78, 5) is 12.3. The lowest BCUT2D eigenvalue weighted by atomic mass is 10.1. The van der Waals surface area contributed by atoms with Gasteiger partial charge in [0.15, 0.2) is 6.10 Å². The lowest BCUT2D eigenvalue weighted by Crippen LogP contribution is -2.44. The minimum Gasteiger partial charge on any atom is -0.480 e. The maximum atomic E-state index is 12.3. The normalized spacial score (nSPS) is 19.4. The van der Waals surface area contributed by atoms with Crippen LogP contribution in [0, 0.1) is 11.8 Å². The topological polar surface area (TPSA) is 38.3 Å². The van der Waals surface area contributed by atoms with Crippen LogP contribution >= 0.6 is 27.5 Å². The summed E-state index contributed by atoms with van der Waals surface area (Å²) < 4.78 is 6.51. The summed E-state index contributed by atoms with van der Waals surface area (Å²) in [5.74, 6) is 1.99. The second kappa shape index (κ2) is 6.17. The van der Waals surface area contributed by atoms with Gasteiger partial charge in [-0.05, 0) is 78.6 Å². The van der Waals surface area contributed by atoms with Gasteiger partial charge in [-0.15, -0.1) is 0 Å². The Hall–Kier alpha value is -0.740. The van der Waals surface area contributed by atoms with Gasteiger partial charge in [0.1, 0.15) is 5.75 Å². The number of hydrogen-bond donors (Lipinski definition) is 1. The molecular weight excluding hydrogens is 354 g/mol. The Labute approximate surface area is 138 Å². The Morgan fingerprint density at radius 3 is 2.48 bits per heavy atom. The van der Waals surface area contributed by atoms with E-state index < -0.39 is 6.10 Å². The summed E-state index contributed by atoms with van der Waals surface area (Å²) in [7, 11) is 0. The highest BCUT2D eigenvalue weighted by Crippen LogP contribution is 2.44. The first-order valence-electron chi connectivity index (χ1n) is 7.46. The third kappa shape index (κ3) is 3.92. The number of ether oxygens (including phenoxy) is 1. The molecule has 1 atom stereocenters. The molecule has 2 saturated carbocycles. The number of amides is 1. The molecule has 1 aromatic carbocycles. The second-order valence-electron chi connectivity index (χ2n) is 6.04. The van der Waals surface area contributed by atoms with Crippen LogP contribution in [0.2, 0.25) is 5.02 Å². The van der Waals surface area contributed by atoms with Gasteiger partial charge in [0.2, 0.25) is 0 Å². The van der Waals surface area contributed by atoms with Gasteiger partial charge in [0, 0.05) is 11.1 Å². The molecule has 2 fully saturated rings. The zero-order valence-electron chi connectivity index (χ0n) is 11.9. The predicted molar refractivity (Wildman–Crippen MR) is 86.6 cm³/mol. The molecule has 0 saturated heterocycles. The van der Waals surface area contributed by atoms with E-state index in [9.17, 15) is 4.79 Å². The van der Waals surface area contributed by atoms with Crippen LogP contribution in [0.25, 0.3) is 0 Å². The third-order valence-corrected chi connectivity index (χ3v) is 4.99. The molecule has 1 N–H and O–H groups in total. The molecule has 21 heavy (non-hydrogen) atoms. The predicted octanol–water partition coefficient (Wildman–Crippen LogP) is 4.17. The smallest absolute Gasteiger partial charge is 0.261 e. The van der Waals surface area contributed by atoms with Crippen LogP contribution in [0.5, 0.6) is 5.75 Å². The molecule has 3 nitrogen and oxygen atoms in total. The molecule has 0 bridgehead atoms. The summed E-state index contributed by atoms with van der Waals surface area (Å²) >= 11 is 9.30. The Kier molecular flexibility index (Phi) is 4.46. The van der Waals surface area contributed by atoms with E-state index in [4.69, 9.17) is 16.3 Å². The van der Waals surface area contributed by atoms with Crippen LogP contribution in [0.15, 0.2) is 22.7 Å². The van der Waals surface area contributed by atoms with E-state index in [1.807, 2.05) is 0 Å². The number of halogens is 2. The molecule has 2 aliphatic carbocycles. The molecule has 1 aromatic rings. The minimum atomic E-state index is -0.512. The first kappa shape index (κ1) is 15.2. The highest BCUT2D eigenvalue weighted by atomic mass is 79.9. The minimum absolute atomic E-state index is 0.0272. The molecule has 114 valence electrons. The van der Waals surface area contributed by atoms with Gasteiger partial charge < -0.3 is 10.1 Å². The van der Waals surface area contributed by atoms with Crippen LogP contribution in [0.3, 0.4) is 0 Å². The van der Waals surface area contributed by atoms with E-state index in [2.05, 4.69) is 21.2 Å². The van der Waals surface area contributed by atoms with E-state index in [0.29, 0.717) is 28.6 Å². The lowest BCUT2D eigenvalue weighted by molar-refractivity contribution is -0.128. The third-order valence-electron chi connectivity index (χ3n) is 4.14. The highest BCUT2D eigenvalue weighted by Gasteiger charge is 2.42. The van der Waals surface area contributed by atoms with E-state index >= 15 is 0 Å². The first-order chi connectivity index (χ1) is 10.0. The molecule has 0 unspecified atom stereocenters. The summed E-state index contributed by atoms with van der Waals surface area (Å²) in [5, 5.41) is 3.82. The van der Waals surface area contributed by atoms with E-state index in [1.54, 1.807) is 25.1 Å². The largest absolute Gasteiger partial charge is 0.480 e. The van der Waals surface area contributed by atoms with Gasteiger partial charge in [-0.3, -0.25) is 4.79 Å². The van der Waals surface area contributed by atoms with Crippen LogP contribution in [-0.4, -0.2) is 18.1 Å². The van der Waals surface area contributed by atoms with E-state index in [1.165, 1.54) is 25.7 Å². The maximum Gasteiger partial charge on any atom is 0.261 e. The van der Waals surface area contributed by atoms with Gasteiger partial charge in [0.25, 0.3) is 5.91 Å². The molecule has 0 spiro atoms. The van der Waals surface area contributed by atoms with Gasteiger partial charge in [-0.2, -0.15) is 0 Å². The van der Waals surface area contributed by atoms with Crippen molar-refractivity contribution >= 4 is 33.4 Å². The van der Waals surface area contributed by atoms with Crippen molar-refractivity contribution < 1.29 is 9.53 Å². The summed E-state index contributed by atoms with van der Waals surface area (Å²) in [6.45, 7) is 1.78. The van der Waals surface area contributed by atoms with Crippen LogP contribution in [0.4, 0.5) is 0 Å². The fourth-order valence-corrected chi connectivity index (χ4v) is 3.40. The number of rotatable bonds is 6. The van der Waals surface area contributed by atoms with Gasteiger partial charge in [-0.1, -0.05) is 11.6 Å². The number of carbonyl (C=O) groups is 1. The van der Waals surface area contributed by atoms with E-state index in [-0.39, 0.29) is 5.91 Å². The fraction of sp³-hybridized carbons (Fsp3) is 0.562. The standard InChI is InChI=1S/C16H19BrClNO2/c1-9(21-14-7-6-12(18)8-13(14)17)16(20)19-15(10-2-3-10)11-4-5-11/h6-11,15H,2-5H2,1H3,(H,19,20)/t9-/m0/s1. The number of benzene rings is 1. The molecule has 0 heterocycles. The van der Waals surface area contributed by atoms with Crippen molar-refractivity contribution in [1.82, 2.24) is 5.32 Å². The summed E-state index contributed by atoms with van der Waals surface area (Å²) in [6, 6.07) is 5.65. The van der Waals surface area contributed by atoms with Crippen molar-refractivity contribution in [3.63, 3.8) is 0 Å². The molecule has 1 amide bonds. The van der Waals surface area contributed by atoms with Gasteiger partial charge in [0.05, 0.1) is 4.47 Å². The number of nitrogens with one attached hydrogen (secondary N) is 1. The van der Waals surface area contributed by atoms with Crippen LogP contribution in [0.1, 0.15) is 32.6 Å². The average Bonchev–Trinajstić information content (AvgIpc) is 3.31. The van der Waals surface area contributed by atoms with Gasteiger partial charge >= 0.3 is 0 Å². The van der Waals surface area contributed by atoms with Crippen LogP contribution in [-0.2, 0) is 4.79 Å². The second-order valence-corrected chi connectivity index (χ2v) is 7.33. The Balaban J connectivity index is 1.58. The lowest BCUT2D eigenvalue weighted by Gasteiger charge is -2.21. The number of hydrogen-bond acceptors (Lipinski definition) is 2. The van der Waals surface area contributed by atoms with Gasteiger partial charge in [-0.25, -0.2) is 0 Å². The Morgan fingerprint density at radius 1 is 1.33 bits per heavy atom. The first-order valence-corrected chi connectivity index (χ1v) is 8.64. The monoisotopic (exact) mass is 371 g/mol. The Bertz CT molecular complexity index is 531. The number of carbonyl (C=O) groups excluding carboxylic acids is 1. The van der Waals surface area contributed by atoms with Crippen molar-refractivity contribution in [3.05, 3.63) is 27.7 Å². The molecule has 3 rings (SSSR count). The van der Waals surface area contributed by atoms with E-state index in [0.717, 1.165) is 4.47 Å². The molecule has 0 radical (unpaired) electrons. The SMILES string of the molecule is C[C@H](Oc1ccc(Cl)cc1Br)C(=O)NC(C1CC1)C1CC1. The average molecular weight is 373 g/mol.